The molecule has 2 heterocycles. The highest BCUT2D eigenvalue weighted by molar-refractivity contribution is 7.71. The van der Waals surface area contributed by atoms with Gasteiger partial charge in [-0.1, -0.05) is 12.1 Å². The van der Waals surface area contributed by atoms with Crippen LogP contribution in [0.25, 0.3) is 5.69 Å². The number of nitrogens with one attached hydrogen (secondary N) is 2. The van der Waals surface area contributed by atoms with Gasteiger partial charge in [0.25, 0.3) is 11.5 Å². The highest BCUT2D eigenvalue weighted by Gasteiger charge is 2.15. The monoisotopic (exact) mass is 397 g/mol. The summed E-state index contributed by atoms with van der Waals surface area (Å²) in [5.41, 5.74) is 2.21. The predicted molar refractivity (Wildman–Crippen MR) is 105 cm³/mol. The summed E-state index contributed by atoms with van der Waals surface area (Å²) in [5, 5.41) is 14.4. The lowest BCUT2D eigenvalue weighted by atomic mass is 10.2. The largest absolute Gasteiger partial charge is 0.495 e. The van der Waals surface area contributed by atoms with E-state index in [0.29, 0.717) is 17.0 Å². The molecule has 3 rings (SSSR count). The first-order chi connectivity index (χ1) is 13.5. The maximum atomic E-state index is 12.2. The predicted octanol–water partition coefficient (Wildman–Crippen LogP) is 1.77. The molecule has 0 radical (unpaired) electrons. The first kappa shape index (κ1) is 19.0. The zero-order valence-electron chi connectivity index (χ0n) is 14.6. The second-order valence-corrected chi connectivity index (χ2v) is 5.83. The zero-order valence-corrected chi connectivity index (χ0v) is 15.4. The quantitative estimate of drug-likeness (QED) is 0.343. The molecule has 0 saturated carbocycles. The molecule has 9 nitrogen and oxygen atoms in total. The van der Waals surface area contributed by atoms with Gasteiger partial charge in [-0.05, 0) is 36.5 Å². The number of aromatic amines is 1. The fourth-order valence-electron chi connectivity index (χ4n) is 2.42. The molecule has 2 aromatic heterocycles. The standard InChI is InChI=1S/C18H15N5O4S/c1-27-14-5-3-2-4-13(14)23-17(26)12(16(25)21-18(23)28)10-20-22-15(24)11-6-8-19-9-7-11/h2-10,26H,1H3,(H,22,24)(H,21,25,28)/b20-10+. The van der Waals surface area contributed by atoms with E-state index in [-0.39, 0.29) is 10.3 Å². The molecule has 10 heteroatoms. The van der Waals surface area contributed by atoms with Crippen LogP contribution in [0, 0.1) is 4.77 Å². The number of hydrazone groups is 1. The number of hydrogen-bond donors (Lipinski definition) is 3. The number of pyridine rings is 1. The van der Waals surface area contributed by atoms with E-state index in [0.717, 1.165) is 6.21 Å². The summed E-state index contributed by atoms with van der Waals surface area (Å²) in [7, 11) is 1.47. The molecule has 0 fully saturated rings. The molecule has 0 aliphatic carbocycles. The molecular formula is C18H15N5O4S. The highest BCUT2D eigenvalue weighted by Crippen LogP contribution is 2.26. The Labute approximate surface area is 164 Å². The summed E-state index contributed by atoms with van der Waals surface area (Å²) in [4.78, 5) is 30.5. The molecule has 3 aromatic rings. The third-order valence-corrected chi connectivity index (χ3v) is 4.03. The molecule has 0 aliphatic heterocycles. The van der Waals surface area contributed by atoms with Crippen LogP contribution < -0.4 is 15.7 Å². The Morgan fingerprint density at radius 3 is 2.75 bits per heavy atom. The lowest BCUT2D eigenvalue weighted by molar-refractivity contribution is 0.0955. The Morgan fingerprint density at radius 2 is 2.04 bits per heavy atom. The van der Waals surface area contributed by atoms with Crippen LogP contribution in [0.3, 0.4) is 0 Å². The number of hydrogen-bond acceptors (Lipinski definition) is 7. The average Bonchev–Trinajstić information content (AvgIpc) is 2.71. The minimum absolute atomic E-state index is 0.0232. The van der Waals surface area contributed by atoms with E-state index in [1.54, 1.807) is 24.3 Å². The van der Waals surface area contributed by atoms with Gasteiger partial charge in [-0.25, -0.2) is 5.43 Å². The van der Waals surface area contributed by atoms with Crippen LogP contribution in [0.15, 0.2) is 58.7 Å². The van der Waals surface area contributed by atoms with Crippen LogP contribution in [0.2, 0.25) is 0 Å². The van der Waals surface area contributed by atoms with Gasteiger partial charge in [-0.3, -0.25) is 24.1 Å². The Hall–Kier alpha value is -3.79. The summed E-state index contributed by atoms with van der Waals surface area (Å²) in [6, 6.07) is 9.86. The number of methoxy groups -OCH3 is 1. The van der Waals surface area contributed by atoms with Crippen molar-refractivity contribution in [3.05, 3.63) is 75.0 Å². The van der Waals surface area contributed by atoms with Crippen LogP contribution in [-0.4, -0.2) is 38.9 Å². The Morgan fingerprint density at radius 1 is 1.32 bits per heavy atom. The van der Waals surface area contributed by atoms with E-state index in [2.05, 4.69) is 20.5 Å². The molecule has 0 spiro atoms. The topological polar surface area (TPSA) is 122 Å². The minimum atomic E-state index is -0.657. The van der Waals surface area contributed by atoms with Crippen molar-refractivity contribution >= 4 is 24.3 Å². The summed E-state index contributed by atoms with van der Waals surface area (Å²) < 4.78 is 6.49. The molecule has 0 atom stereocenters. The number of nitrogens with zero attached hydrogens (tertiary/aromatic N) is 3. The fraction of sp³-hybridized carbons (Fsp3) is 0.0556. The number of amides is 1. The van der Waals surface area contributed by atoms with Gasteiger partial charge in [-0.2, -0.15) is 5.10 Å². The number of carbonyl (C=O) groups is 1. The van der Waals surface area contributed by atoms with Gasteiger partial charge in [0.05, 0.1) is 19.0 Å². The van der Waals surface area contributed by atoms with Gasteiger partial charge < -0.3 is 9.84 Å². The molecule has 142 valence electrons. The first-order valence-electron chi connectivity index (χ1n) is 7.98. The molecule has 3 N–H and O–H groups in total. The van der Waals surface area contributed by atoms with E-state index in [1.165, 1.54) is 36.2 Å². The summed E-state index contributed by atoms with van der Waals surface area (Å²) in [6.45, 7) is 0. The molecule has 0 bridgehead atoms. The average molecular weight is 397 g/mol. The zero-order chi connectivity index (χ0) is 20.1. The van der Waals surface area contributed by atoms with Crippen molar-refractivity contribution in [2.24, 2.45) is 5.10 Å². The number of para-hydroxylation sites is 2. The number of ether oxygens (including phenoxy) is 1. The second kappa shape index (κ2) is 8.27. The lowest BCUT2D eigenvalue weighted by Gasteiger charge is -2.14. The van der Waals surface area contributed by atoms with Crippen molar-refractivity contribution in [3.63, 3.8) is 0 Å². The number of carbonyl (C=O) groups excluding carboxylic acids is 1. The summed E-state index contributed by atoms with van der Waals surface area (Å²) in [5.74, 6) is -0.498. The van der Waals surface area contributed by atoms with Crippen molar-refractivity contribution in [1.82, 2.24) is 20.0 Å². The number of benzene rings is 1. The molecule has 1 amide bonds. The van der Waals surface area contributed by atoms with Crippen molar-refractivity contribution < 1.29 is 14.6 Å². The Balaban J connectivity index is 1.97. The molecule has 0 saturated heterocycles. The highest BCUT2D eigenvalue weighted by atomic mass is 32.1. The minimum Gasteiger partial charge on any atom is -0.495 e. The van der Waals surface area contributed by atoms with Gasteiger partial charge in [0.2, 0.25) is 5.88 Å². The normalized spacial score (nSPS) is 10.8. The molecule has 1 aromatic carbocycles. The van der Waals surface area contributed by atoms with Crippen molar-refractivity contribution in [2.45, 2.75) is 0 Å². The van der Waals surface area contributed by atoms with Gasteiger partial charge in [0.15, 0.2) is 4.77 Å². The summed E-state index contributed by atoms with van der Waals surface area (Å²) in [6.07, 6.45) is 3.97. The fourth-order valence-corrected chi connectivity index (χ4v) is 2.69. The smallest absolute Gasteiger partial charge is 0.271 e. The first-order valence-corrected chi connectivity index (χ1v) is 8.39. The van der Waals surface area contributed by atoms with Gasteiger partial charge in [0, 0.05) is 18.0 Å². The third kappa shape index (κ3) is 3.81. The van der Waals surface area contributed by atoms with E-state index >= 15 is 0 Å². The van der Waals surface area contributed by atoms with Gasteiger partial charge >= 0.3 is 0 Å². The summed E-state index contributed by atoms with van der Waals surface area (Å²) >= 11 is 5.17. The molecule has 28 heavy (non-hydrogen) atoms. The number of H-pyrrole nitrogens is 1. The molecular weight excluding hydrogens is 382 g/mol. The van der Waals surface area contributed by atoms with E-state index in [4.69, 9.17) is 17.0 Å². The van der Waals surface area contributed by atoms with E-state index < -0.39 is 17.3 Å². The van der Waals surface area contributed by atoms with Crippen LogP contribution in [0.1, 0.15) is 15.9 Å². The van der Waals surface area contributed by atoms with Crippen LogP contribution in [0.5, 0.6) is 11.6 Å². The van der Waals surface area contributed by atoms with Gasteiger partial charge in [0.1, 0.15) is 11.3 Å². The molecule has 0 unspecified atom stereocenters. The maximum absolute atomic E-state index is 12.2. The van der Waals surface area contributed by atoms with E-state index in [9.17, 15) is 14.7 Å². The van der Waals surface area contributed by atoms with E-state index in [1.807, 2.05) is 0 Å². The molecule has 0 aliphatic rings. The lowest BCUT2D eigenvalue weighted by Crippen LogP contribution is -2.21. The third-order valence-electron chi connectivity index (χ3n) is 3.75. The second-order valence-electron chi connectivity index (χ2n) is 5.44. The number of aromatic hydroxyl groups is 1. The maximum Gasteiger partial charge on any atom is 0.271 e. The van der Waals surface area contributed by atoms with Gasteiger partial charge in [-0.15, -0.1) is 0 Å². The number of rotatable bonds is 5. The van der Waals surface area contributed by atoms with Crippen LogP contribution in [0.4, 0.5) is 0 Å². The SMILES string of the molecule is COc1ccccc1-n1c(O)c(/C=N/NC(=O)c2ccncc2)c(=O)[nH]c1=S. The van der Waals surface area contributed by atoms with Crippen LogP contribution in [-0.2, 0) is 0 Å². The Kier molecular flexibility index (Phi) is 5.61. The van der Waals surface area contributed by atoms with Crippen molar-refractivity contribution in [3.8, 4) is 17.3 Å². The van der Waals surface area contributed by atoms with Crippen molar-refractivity contribution in [1.29, 1.82) is 0 Å². The number of aromatic nitrogens is 3. The van der Waals surface area contributed by atoms with Crippen LogP contribution >= 0.6 is 12.2 Å². The Bertz CT molecular complexity index is 1150. The van der Waals surface area contributed by atoms with Crippen molar-refractivity contribution in [2.75, 3.05) is 7.11 Å².